The van der Waals surface area contributed by atoms with E-state index >= 15 is 0 Å². The van der Waals surface area contributed by atoms with E-state index < -0.39 is 5.78 Å². The van der Waals surface area contributed by atoms with Crippen LogP contribution in [0.5, 0.6) is 0 Å². The van der Waals surface area contributed by atoms with Gasteiger partial charge in [-0.25, -0.2) is 0 Å². The van der Waals surface area contributed by atoms with Crippen LogP contribution in [0.2, 0.25) is 0 Å². The molecule has 1 aliphatic carbocycles. The average Bonchev–Trinajstić information content (AvgIpc) is 2.76. The van der Waals surface area contributed by atoms with Gasteiger partial charge in [0.2, 0.25) is 0 Å². The van der Waals surface area contributed by atoms with Gasteiger partial charge in [0.1, 0.15) is 0 Å². The molecule has 1 radical (unpaired) electrons. The zero-order valence-corrected chi connectivity index (χ0v) is 21.1. The van der Waals surface area contributed by atoms with Gasteiger partial charge in [0.15, 0.2) is 5.78 Å². The molecule has 32 heavy (non-hydrogen) atoms. The van der Waals surface area contributed by atoms with Crippen molar-refractivity contribution in [1.82, 2.24) is 9.97 Å². The minimum Gasteiger partial charge on any atom is -0.512 e. The first-order valence-corrected chi connectivity index (χ1v) is 10.2. The number of hydrogen-bond acceptors (Lipinski definition) is 4. The molecule has 1 aliphatic rings. The molecule has 1 N–H and O–H groups in total. The van der Waals surface area contributed by atoms with E-state index in [0.717, 1.165) is 16.6 Å². The molecule has 2 aromatic carbocycles. The number of ketones is 1. The van der Waals surface area contributed by atoms with E-state index in [1.165, 1.54) is 46.7 Å². The normalized spacial score (nSPS) is 14.3. The summed E-state index contributed by atoms with van der Waals surface area (Å²) in [6, 6.07) is 14.0. The number of aliphatic hydroxyl groups excluding tert-OH is 1. The predicted octanol–water partition coefficient (Wildman–Crippen LogP) is 6.23. The Balaban J connectivity index is 0.000000297. The first-order valence-electron chi connectivity index (χ1n) is 10.7. The number of hydrogen-bond donors (Lipinski definition) is 1. The van der Waals surface area contributed by atoms with E-state index in [9.17, 15) is 4.79 Å². The van der Waals surface area contributed by atoms with Crippen molar-refractivity contribution >= 4 is 27.3 Å². The Morgan fingerprint density at radius 2 is 1.94 bits per heavy atom. The fourth-order valence-corrected chi connectivity index (χ4v) is 4.48. The number of aromatic nitrogens is 2. The third-order valence-corrected chi connectivity index (χ3v) is 5.64. The molecule has 0 aliphatic heterocycles. The van der Waals surface area contributed by atoms with Gasteiger partial charge in [0.25, 0.3) is 0 Å². The predicted molar refractivity (Wildman–Crippen MR) is 125 cm³/mol. The van der Waals surface area contributed by atoms with E-state index in [2.05, 4.69) is 56.1 Å². The molecule has 4 aromatic rings. The van der Waals surface area contributed by atoms with Gasteiger partial charge in [-0.1, -0.05) is 48.4 Å². The monoisotopic (exact) mass is 603 g/mol. The van der Waals surface area contributed by atoms with E-state index in [1.54, 1.807) is 0 Å². The average molecular weight is 603 g/mol. The second kappa shape index (κ2) is 8.93. The third-order valence-electron chi connectivity index (χ3n) is 5.64. The van der Waals surface area contributed by atoms with Crippen molar-refractivity contribution in [3.63, 3.8) is 0 Å². The number of carbonyl (C=O) groups is 1. The van der Waals surface area contributed by atoms with Crippen LogP contribution in [-0.2, 0) is 30.3 Å². The fraction of sp³-hybridized carbons (Fsp3) is 0.222. The van der Waals surface area contributed by atoms with Crippen molar-refractivity contribution in [2.45, 2.75) is 40.0 Å². The van der Waals surface area contributed by atoms with Crippen LogP contribution in [0.25, 0.3) is 32.8 Å². The summed E-state index contributed by atoms with van der Waals surface area (Å²) in [5.41, 5.74) is 6.02. The van der Waals surface area contributed by atoms with Gasteiger partial charge >= 0.3 is 0 Å². The number of benzene rings is 2. The standard InChI is InChI=1S/C22H17N2.C5H8O2.Ir/c1-13-10-14-6-9-24-21-17-5-4-15-12-23-8-7-16(15)20(17)22(2,3)18(11-13)19(14)21;1-4(6)3-5(2)7;/h4,6-12H,1-3H3;3,6H,1-2H3;/q-1;;/b;4-3-;/i;3D;. The molecule has 0 spiro atoms. The number of rotatable bonds is 1. The van der Waals surface area contributed by atoms with Crippen molar-refractivity contribution in [2.75, 3.05) is 0 Å². The Morgan fingerprint density at radius 1 is 1.19 bits per heavy atom. The van der Waals surface area contributed by atoms with Gasteiger partial charge < -0.3 is 10.1 Å². The number of nitrogens with zero attached hydrogens (tertiary/aromatic N) is 2. The molecule has 0 saturated carbocycles. The fourth-order valence-electron chi connectivity index (χ4n) is 4.48. The van der Waals surface area contributed by atoms with Crippen LogP contribution < -0.4 is 0 Å². The van der Waals surface area contributed by atoms with Crippen LogP contribution in [-0.4, -0.2) is 20.9 Å². The number of fused-ring (bicyclic) bond motifs is 4. The van der Waals surface area contributed by atoms with Crippen molar-refractivity contribution in [2.24, 2.45) is 0 Å². The summed E-state index contributed by atoms with van der Waals surface area (Å²) in [6.45, 7) is 9.33. The second-order valence-corrected chi connectivity index (χ2v) is 8.46. The number of aryl methyl sites for hydroxylation is 1. The van der Waals surface area contributed by atoms with E-state index in [4.69, 9.17) is 11.5 Å². The first-order chi connectivity index (χ1) is 15.1. The Hall–Kier alpha value is -2.88. The van der Waals surface area contributed by atoms with E-state index in [1.807, 2.05) is 24.7 Å². The molecular weight excluding hydrogens is 577 g/mol. The zero-order valence-electron chi connectivity index (χ0n) is 19.7. The summed E-state index contributed by atoms with van der Waals surface area (Å²) in [5.74, 6) is -0.637. The third kappa shape index (κ3) is 4.11. The van der Waals surface area contributed by atoms with Crippen LogP contribution in [0.1, 0.15) is 45.8 Å². The number of pyridine rings is 2. The summed E-state index contributed by atoms with van der Waals surface area (Å²) in [5, 5.41) is 13.4. The smallest absolute Gasteiger partial charge is 0.155 e. The summed E-state index contributed by atoms with van der Waals surface area (Å²) < 4.78 is 6.76. The SMILES string of the molecule is Cc1cc2c3c(nccc3c1)-c1[c-]cc3cnccc3c1C2(C)C.[2H]/C(C(C)=O)=C(\C)O.[Ir]. The summed E-state index contributed by atoms with van der Waals surface area (Å²) in [4.78, 5) is 19.2. The topological polar surface area (TPSA) is 63.1 Å². The molecule has 2 heterocycles. The second-order valence-electron chi connectivity index (χ2n) is 8.46. The minimum atomic E-state index is -0.412. The van der Waals surface area contributed by atoms with Crippen LogP contribution >= 0.6 is 0 Å². The molecular formula is C27H25IrN2O2-. The maximum Gasteiger partial charge on any atom is 0.155 e. The largest absolute Gasteiger partial charge is 0.512 e. The molecule has 4 nitrogen and oxygen atoms in total. The van der Waals surface area contributed by atoms with Gasteiger partial charge in [0, 0.05) is 38.6 Å². The minimum absolute atomic E-state index is 0. The van der Waals surface area contributed by atoms with E-state index in [-0.39, 0.29) is 37.3 Å². The summed E-state index contributed by atoms with van der Waals surface area (Å²) >= 11 is 0. The van der Waals surface area contributed by atoms with Gasteiger partial charge in [-0.15, -0.1) is 23.3 Å². The maximum atomic E-state index is 10.2. The quantitative estimate of drug-likeness (QED) is 0.159. The molecule has 0 amide bonds. The Kier molecular flexibility index (Phi) is 6.23. The Bertz CT molecular complexity index is 1420. The summed E-state index contributed by atoms with van der Waals surface area (Å²) in [6.07, 6.45) is 5.70. The Morgan fingerprint density at radius 3 is 2.59 bits per heavy atom. The van der Waals surface area contributed by atoms with Gasteiger partial charge in [0.05, 0.1) is 7.13 Å². The molecule has 0 unspecified atom stereocenters. The molecule has 5 rings (SSSR count). The molecule has 165 valence electrons. The van der Waals surface area contributed by atoms with Crippen molar-refractivity contribution in [3.05, 3.63) is 83.5 Å². The van der Waals surface area contributed by atoms with Gasteiger partial charge in [-0.2, -0.15) is 0 Å². The van der Waals surface area contributed by atoms with Crippen LogP contribution in [0, 0.1) is 13.0 Å². The molecule has 0 bridgehead atoms. The van der Waals surface area contributed by atoms with E-state index in [0.29, 0.717) is 0 Å². The van der Waals surface area contributed by atoms with Crippen LogP contribution in [0.15, 0.2) is 60.7 Å². The number of allylic oxidation sites excluding steroid dienone is 2. The Labute approximate surface area is 203 Å². The van der Waals surface area contributed by atoms with Crippen molar-refractivity contribution in [3.8, 4) is 11.3 Å². The molecule has 2 aromatic heterocycles. The number of carbonyl (C=O) groups excluding carboxylic acids is 1. The molecule has 5 heteroatoms. The number of aliphatic hydroxyl groups is 1. The van der Waals surface area contributed by atoms with Crippen molar-refractivity contribution in [1.29, 1.82) is 0 Å². The van der Waals surface area contributed by atoms with Crippen molar-refractivity contribution < 1.29 is 31.4 Å². The van der Waals surface area contributed by atoms with Crippen LogP contribution in [0.3, 0.4) is 0 Å². The molecule has 0 saturated heterocycles. The van der Waals surface area contributed by atoms with Gasteiger partial charge in [-0.05, 0) is 60.5 Å². The first kappa shape index (κ1) is 22.3. The molecule has 0 fully saturated rings. The van der Waals surface area contributed by atoms with Gasteiger partial charge in [-0.3, -0.25) is 9.78 Å². The maximum absolute atomic E-state index is 10.2. The van der Waals surface area contributed by atoms with Crippen LogP contribution in [0.4, 0.5) is 0 Å². The zero-order chi connectivity index (χ0) is 23.2. The summed E-state index contributed by atoms with van der Waals surface area (Å²) in [7, 11) is 0. The molecule has 0 atom stereocenters.